The molecule has 0 saturated heterocycles. The van der Waals surface area contributed by atoms with E-state index in [4.69, 9.17) is 0 Å². The Hall–Kier alpha value is -3.40. The first kappa shape index (κ1) is 20.5. The third-order valence-electron chi connectivity index (χ3n) is 6.55. The lowest BCUT2D eigenvalue weighted by atomic mass is 9.91. The Balaban J connectivity index is 1.37. The molecular formula is C28H28N2O2. The number of rotatable bonds is 6. The Bertz CT molecular complexity index is 1170. The van der Waals surface area contributed by atoms with E-state index in [2.05, 4.69) is 30.4 Å². The third-order valence-corrected chi connectivity index (χ3v) is 6.55. The molecule has 2 amide bonds. The highest BCUT2D eigenvalue weighted by atomic mass is 16.2. The summed E-state index contributed by atoms with van der Waals surface area (Å²) in [5.41, 5.74) is 6.93. The van der Waals surface area contributed by atoms with Crippen LogP contribution in [0.3, 0.4) is 0 Å². The maximum atomic E-state index is 13.1. The SMILES string of the molecule is Cc1ccc(C(=O)NCC2CC2)cc1-c1ccc2c(c1)CCN(Cc1ccccc1)C2=O. The summed E-state index contributed by atoms with van der Waals surface area (Å²) in [6, 6.07) is 22.1. The molecule has 1 aliphatic heterocycles. The molecule has 1 fully saturated rings. The van der Waals surface area contributed by atoms with Gasteiger partial charge < -0.3 is 10.2 Å². The Morgan fingerprint density at radius 3 is 2.59 bits per heavy atom. The van der Waals surface area contributed by atoms with E-state index < -0.39 is 0 Å². The van der Waals surface area contributed by atoms with Gasteiger partial charge in [-0.15, -0.1) is 0 Å². The summed E-state index contributed by atoms with van der Waals surface area (Å²) < 4.78 is 0. The van der Waals surface area contributed by atoms with Crippen LogP contribution in [-0.4, -0.2) is 29.8 Å². The van der Waals surface area contributed by atoms with Gasteiger partial charge in [0.1, 0.15) is 0 Å². The van der Waals surface area contributed by atoms with Gasteiger partial charge in [0.25, 0.3) is 11.8 Å². The van der Waals surface area contributed by atoms with Crippen molar-refractivity contribution in [2.45, 2.75) is 32.7 Å². The highest BCUT2D eigenvalue weighted by Gasteiger charge is 2.25. The van der Waals surface area contributed by atoms with Crippen molar-refractivity contribution in [1.29, 1.82) is 0 Å². The molecule has 0 radical (unpaired) electrons. The number of amides is 2. The number of aryl methyl sites for hydroxylation is 1. The second-order valence-corrected chi connectivity index (χ2v) is 9.02. The number of carbonyl (C=O) groups is 2. The van der Waals surface area contributed by atoms with Crippen LogP contribution in [0.5, 0.6) is 0 Å². The van der Waals surface area contributed by atoms with Crippen molar-refractivity contribution in [3.8, 4) is 11.1 Å². The van der Waals surface area contributed by atoms with Gasteiger partial charge in [-0.25, -0.2) is 0 Å². The van der Waals surface area contributed by atoms with Crippen LogP contribution in [0, 0.1) is 12.8 Å². The van der Waals surface area contributed by atoms with E-state index in [1.807, 2.05) is 53.4 Å². The summed E-state index contributed by atoms with van der Waals surface area (Å²) in [5.74, 6) is 0.734. The van der Waals surface area contributed by atoms with Gasteiger partial charge >= 0.3 is 0 Å². The second kappa shape index (κ2) is 8.62. The molecule has 2 aliphatic rings. The van der Waals surface area contributed by atoms with Gasteiger partial charge in [-0.05, 0) is 78.1 Å². The van der Waals surface area contributed by atoms with Gasteiger partial charge in [-0.2, -0.15) is 0 Å². The van der Waals surface area contributed by atoms with Gasteiger partial charge in [0.05, 0.1) is 0 Å². The molecule has 1 N–H and O–H groups in total. The molecular weight excluding hydrogens is 396 g/mol. The first-order chi connectivity index (χ1) is 15.6. The first-order valence-electron chi connectivity index (χ1n) is 11.4. The maximum Gasteiger partial charge on any atom is 0.254 e. The molecule has 1 saturated carbocycles. The van der Waals surface area contributed by atoms with Crippen molar-refractivity contribution in [3.63, 3.8) is 0 Å². The largest absolute Gasteiger partial charge is 0.352 e. The van der Waals surface area contributed by atoms with Crippen molar-refractivity contribution >= 4 is 11.8 Å². The summed E-state index contributed by atoms with van der Waals surface area (Å²) in [6.45, 7) is 4.18. The molecule has 162 valence electrons. The number of hydrogen-bond acceptors (Lipinski definition) is 2. The highest BCUT2D eigenvalue weighted by Crippen LogP contribution is 2.30. The molecule has 0 unspecified atom stereocenters. The molecule has 32 heavy (non-hydrogen) atoms. The van der Waals surface area contributed by atoms with Gasteiger partial charge in [0, 0.05) is 30.8 Å². The molecule has 0 aromatic heterocycles. The van der Waals surface area contributed by atoms with E-state index >= 15 is 0 Å². The number of carbonyl (C=O) groups excluding carboxylic acids is 2. The monoisotopic (exact) mass is 424 g/mol. The van der Waals surface area contributed by atoms with E-state index in [1.54, 1.807) is 0 Å². The molecule has 1 aliphatic carbocycles. The zero-order valence-corrected chi connectivity index (χ0v) is 18.4. The number of fused-ring (bicyclic) bond motifs is 1. The quantitative estimate of drug-likeness (QED) is 0.605. The predicted octanol–water partition coefficient (Wildman–Crippen LogP) is 5.00. The fraction of sp³-hybridized carbons (Fsp3) is 0.286. The lowest BCUT2D eigenvalue weighted by Crippen LogP contribution is -2.37. The molecule has 5 rings (SSSR count). The van der Waals surface area contributed by atoms with Crippen LogP contribution >= 0.6 is 0 Å². The topological polar surface area (TPSA) is 49.4 Å². The zero-order chi connectivity index (χ0) is 22.1. The molecule has 0 atom stereocenters. The van der Waals surface area contributed by atoms with E-state index in [9.17, 15) is 9.59 Å². The molecule has 0 bridgehead atoms. The summed E-state index contributed by atoms with van der Waals surface area (Å²) in [5, 5.41) is 3.05. The van der Waals surface area contributed by atoms with Crippen LogP contribution < -0.4 is 5.32 Å². The summed E-state index contributed by atoms with van der Waals surface area (Å²) in [6.07, 6.45) is 3.27. The Kier molecular flexibility index (Phi) is 5.52. The average molecular weight is 425 g/mol. The molecule has 3 aromatic rings. The van der Waals surface area contributed by atoms with E-state index in [0.717, 1.165) is 46.3 Å². The summed E-state index contributed by atoms with van der Waals surface area (Å²) in [4.78, 5) is 27.6. The highest BCUT2D eigenvalue weighted by molar-refractivity contribution is 5.98. The minimum atomic E-state index is -0.0113. The van der Waals surface area contributed by atoms with E-state index in [-0.39, 0.29) is 11.8 Å². The van der Waals surface area contributed by atoms with Crippen LogP contribution in [-0.2, 0) is 13.0 Å². The summed E-state index contributed by atoms with van der Waals surface area (Å²) in [7, 11) is 0. The van der Waals surface area contributed by atoms with Crippen LogP contribution in [0.4, 0.5) is 0 Å². The summed E-state index contributed by atoms with van der Waals surface area (Å²) >= 11 is 0. The number of nitrogens with zero attached hydrogens (tertiary/aromatic N) is 1. The van der Waals surface area contributed by atoms with Gasteiger partial charge in [0.15, 0.2) is 0 Å². The number of nitrogens with one attached hydrogen (secondary N) is 1. The maximum absolute atomic E-state index is 13.1. The number of hydrogen-bond donors (Lipinski definition) is 1. The van der Waals surface area contributed by atoms with Gasteiger partial charge in [0.2, 0.25) is 0 Å². The molecule has 4 nitrogen and oxygen atoms in total. The Morgan fingerprint density at radius 1 is 1.00 bits per heavy atom. The minimum Gasteiger partial charge on any atom is -0.352 e. The van der Waals surface area contributed by atoms with Crippen molar-refractivity contribution in [2.75, 3.05) is 13.1 Å². The lowest BCUT2D eigenvalue weighted by Gasteiger charge is -2.29. The van der Waals surface area contributed by atoms with Crippen LogP contribution in [0.2, 0.25) is 0 Å². The Morgan fingerprint density at radius 2 is 1.81 bits per heavy atom. The molecule has 1 heterocycles. The standard InChI is InChI=1S/C28H28N2O2/c1-19-7-10-24(27(31)29-17-20-8-9-20)16-26(19)22-11-12-25-23(15-22)13-14-30(28(25)32)18-21-5-3-2-4-6-21/h2-7,10-12,15-16,20H,8-9,13-14,17-18H2,1H3,(H,29,31). The predicted molar refractivity (Wildman–Crippen MR) is 127 cm³/mol. The average Bonchev–Trinajstić information content (AvgIpc) is 3.65. The van der Waals surface area contributed by atoms with Crippen LogP contribution in [0.1, 0.15) is 50.2 Å². The first-order valence-corrected chi connectivity index (χ1v) is 11.4. The van der Waals surface area contributed by atoms with Crippen molar-refractivity contribution < 1.29 is 9.59 Å². The fourth-order valence-corrected chi connectivity index (χ4v) is 4.39. The van der Waals surface area contributed by atoms with Crippen molar-refractivity contribution in [2.24, 2.45) is 5.92 Å². The zero-order valence-electron chi connectivity index (χ0n) is 18.4. The van der Waals surface area contributed by atoms with Gasteiger partial charge in [-0.3, -0.25) is 9.59 Å². The van der Waals surface area contributed by atoms with Crippen molar-refractivity contribution in [3.05, 3.63) is 94.5 Å². The lowest BCUT2D eigenvalue weighted by molar-refractivity contribution is 0.0727. The molecule has 0 spiro atoms. The minimum absolute atomic E-state index is 0.0113. The Labute approximate surface area is 189 Å². The van der Waals surface area contributed by atoms with Crippen LogP contribution in [0.15, 0.2) is 66.7 Å². The fourth-order valence-electron chi connectivity index (χ4n) is 4.39. The van der Waals surface area contributed by atoms with Crippen molar-refractivity contribution in [1.82, 2.24) is 10.2 Å². The molecule has 3 aromatic carbocycles. The second-order valence-electron chi connectivity index (χ2n) is 9.02. The smallest absolute Gasteiger partial charge is 0.254 e. The van der Waals surface area contributed by atoms with Gasteiger partial charge in [-0.1, -0.05) is 48.5 Å². The molecule has 4 heteroatoms. The van der Waals surface area contributed by atoms with E-state index in [0.29, 0.717) is 24.6 Å². The normalized spacial score (nSPS) is 15.4. The van der Waals surface area contributed by atoms with Crippen LogP contribution in [0.25, 0.3) is 11.1 Å². The van der Waals surface area contributed by atoms with E-state index in [1.165, 1.54) is 12.8 Å². The third kappa shape index (κ3) is 4.31. The number of benzene rings is 3.